The van der Waals surface area contributed by atoms with Gasteiger partial charge < -0.3 is 15.2 Å². The highest BCUT2D eigenvalue weighted by molar-refractivity contribution is 14.0. The molecule has 0 fully saturated rings. The summed E-state index contributed by atoms with van der Waals surface area (Å²) in [5, 5.41) is 14.9. The van der Waals surface area contributed by atoms with Crippen molar-refractivity contribution < 1.29 is 4.52 Å². The topological polar surface area (TPSA) is 62.5 Å². The van der Waals surface area contributed by atoms with Gasteiger partial charge >= 0.3 is 0 Å². The monoisotopic (exact) mass is 462 g/mol. The van der Waals surface area contributed by atoms with E-state index in [2.05, 4.69) is 58.4 Å². The van der Waals surface area contributed by atoms with Gasteiger partial charge in [-0.05, 0) is 42.2 Å². The van der Waals surface area contributed by atoms with E-state index in [0.29, 0.717) is 19.0 Å². The maximum atomic E-state index is 5.43. The van der Waals surface area contributed by atoms with Gasteiger partial charge in [0.15, 0.2) is 11.7 Å². The number of aromatic nitrogens is 1. The van der Waals surface area contributed by atoms with E-state index in [1.807, 2.05) is 6.07 Å². The van der Waals surface area contributed by atoms with Crippen LogP contribution in [0, 0.1) is 0 Å². The smallest absolute Gasteiger partial charge is 0.191 e. The van der Waals surface area contributed by atoms with Crippen LogP contribution in [0.5, 0.6) is 0 Å². The third kappa shape index (κ3) is 6.43. The van der Waals surface area contributed by atoms with E-state index in [0.717, 1.165) is 36.8 Å². The summed E-state index contributed by atoms with van der Waals surface area (Å²) in [6.07, 6.45) is 2.17. The summed E-state index contributed by atoms with van der Waals surface area (Å²) in [7, 11) is 0. The summed E-state index contributed by atoms with van der Waals surface area (Å²) >= 11 is 1.69. The van der Waals surface area contributed by atoms with Crippen LogP contribution in [0.2, 0.25) is 0 Å². The summed E-state index contributed by atoms with van der Waals surface area (Å²) in [6.45, 7) is 8.51. The highest BCUT2D eigenvalue weighted by atomic mass is 127. The van der Waals surface area contributed by atoms with Crippen LogP contribution in [0.15, 0.2) is 32.4 Å². The van der Waals surface area contributed by atoms with Crippen molar-refractivity contribution in [3.05, 3.63) is 39.9 Å². The molecule has 0 unspecified atom stereocenters. The molecule has 2 heterocycles. The van der Waals surface area contributed by atoms with Crippen molar-refractivity contribution in [2.45, 2.75) is 52.6 Å². The van der Waals surface area contributed by atoms with Crippen LogP contribution in [-0.4, -0.2) is 17.7 Å². The van der Waals surface area contributed by atoms with Crippen LogP contribution in [0.1, 0.15) is 56.5 Å². The third-order valence-corrected chi connectivity index (χ3v) is 4.49. The lowest BCUT2D eigenvalue weighted by Crippen LogP contribution is -2.36. The average Bonchev–Trinajstić information content (AvgIpc) is 3.23. The summed E-state index contributed by atoms with van der Waals surface area (Å²) in [4.78, 5) is 4.58. The lowest BCUT2D eigenvalue weighted by molar-refractivity contribution is 0.368. The molecular formula is C17H27IN4OS. The van der Waals surface area contributed by atoms with Crippen LogP contribution in [0.25, 0.3) is 0 Å². The molecule has 0 amide bonds. The maximum Gasteiger partial charge on any atom is 0.191 e. The Labute approximate surface area is 165 Å². The van der Waals surface area contributed by atoms with E-state index in [1.165, 1.54) is 5.56 Å². The fourth-order valence-corrected chi connectivity index (χ4v) is 3.04. The summed E-state index contributed by atoms with van der Waals surface area (Å²) in [5.74, 6) is 2.11. The SMILES string of the molecule is CCNC(=NCc1ccsc1)NCc1cc(C(CC)CC)no1.I. The number of guanidine groups is 1. The van der Waals surface area contributed by atoms with E-state index in [4.69, 9.17) is 4.52 Å². The lowest BCUT2D eigenvalue weighted by Gasteiger charge is -2.09. The Balaban J connectivity index is 0.00000288. The van der Waals surface area contributed by atoms with Gasteiger partial charge in [0.05, 0.1) is 18.8 Å². The first-order valence-electron chi connectivity index (χ1n) is 8.25. The number of thiophene rings is 1. The van der Waals surface area contributed by atoms with Crippen molar-refractivity contribution in [2.75, 3.05) is 6.54 Å². The standard InChI is InChI=1S/C17H26N4OS.HI/c1-4-14(5-2)16-9-15(22-21-16)11-20-17(18-6-3)19-10-13-7-8-23-12-13;/h7-9,12,14H,4-6,10-11H2,1-3H3,(H2,18,19,20);1H. The number of nitrogens with one attached hydrogen (secondary N) is 2. The fourth-order valence-electron chi connectivity index (χ4n) is 2.38. The second-order valence-electron chi connectivity index (χ2n) is 5.41. The van der Waals surface area contributed by atoms with Crippen molar-refractivity contribution in [3.63, 3.8) is 0 Å². The molecule has 0 saturated heterocycles. The van der Waals surface area contributed by atoms with Gasteiger partial charge in [-0.2, -0.15) is 11.3 Å². The van der Waals surface area contributed by atoms with Gasteiger partial charge in [-0.1, -0.05) is 19.0 Å². The molecule has 0 aliphatic heterocycles. The first-order valence-corrected chi connectivity index (χ1v) is 9.19. The Kier molecular flexibility index (Phi) is 10.0. The van der Waals surface area contributed by atoms with Crippen LogP contribution >= 0.6 is 35.3 Å². The van der Waals surface area contributed by atoms with E-state index in [9.17, 15) is 0 Å². The van der Waals surface area contributed by atoms with E-state index < -0.39 is 0 Å². The zero-order valence-electron chi connectivity index (χ0n) is 14.5. The molecule has 0 aliphatic rings. The molecule has 24 heavy (non-hydrogen) atoms. The molecule has 0 atom stereocenters. The Morgan fingerprint density at radius 1 is 1.29 bits per heavy atom. The summed E-state index contributed by atoms with van der Waals surface area (Å²) in [5.41, 5.74) is 2.27. The Bertz CT molecular complexity index is 594. The number of rotatable bonds is 8. The second kappa shape index (κ2) is 11.5. The predicted molar refractivity (Wildman–Crippen MR) is 111 cm³/mol. The third-order valence-electron chi connectivity index (χ3n) is 3.76. The van der Waals surface area contributed by atoms with Gasteiger partial charge in [0.1, 0.15) is 0 Å². The molecule has 134 valence electrons. The number of hydrogen-bond donors (Lipinski definition) is 2. The molecule has 2 aromatic heterocycles. The highest BCUT2D eigenvalue weighted by Crippen LogP contribution is 2.22. The minimum absolute atomic E-state index is 0. The predicted octanol–water partition coefficient (Wildman–Crippen LogP) is 4.51. The van der Waals surface area contributed by atoms with Crippen LogP contribution in [-0.2, 0) is 13.1 Å². The van der Waals surface area contributed by atoms with Gasteiger partial charge in [-0.25, -0.2) is 4.99 Å². The van der Waals surface area contributed by atoms with Gasteiger partial charge in [-0.3, -0.25) is 0 Å². The van der Waals surface area contributed by atoms with Crippen molar-refractivity contribution >= 4 is 41.3 Å². The average molecular weight is 462 g/mol. The van der Waals surface area contributed by atoms with Crippen molar-refractivity contribution in [3.8, 4) is 0 Å². The van der Waals surface area contributed by atoms with Gasteiger partial charge in [0, 0.05) is 18.5 Å². The van der Waals surface area contributed by atoms with Crippen molar-refractivity contribution in [1.29, 1.82) is 0 Å². The largest absolute Gasteiger partial charge is 0.359 e. The normalized spacial score (nSPS) is 11.4. The number of nitrogens with zero attached hydrogens (tertiary/aromatic N) is 2. The zero-order valence-corrected chi connectivity index (χ0v) is 17.7. The highest BCUT2D eigenvalue weighted by Gasteiger charge is 2.13. The molecule has 0 saturated carbocycles. The Morgan fingerprint density at radius 2 is 2.08 bits per heavy atom. The number of aliphatic imine (C=N–C) groups is 1. The van der Waals surface area contributed by atoms with E-state index in [1.54, 1.807) is 11.3 Å². The van der Waals surface area contributed by atoms with Crippen LogP contribution < -0.4 is 10.6 Å². The van der Waals surface area contributed by atoms with E-state index >= 15 is 0 Å². The molecule has 2 rings (SSSR count). The zero-order chi connectivity index (χ0) is 16.5. The Morgan fingerprint density at radius 3 is 2.71 bits per heavy atom. The quantitative estimate of drug-likeness (QED) is 0.344. The molecule has 2 N–H and O–H groups in total. The minimum atomic E-state index is 0. The number of halogens is 1. The molecule has 5 nitrogen and oxygen atoms in total. The molecule has 0 spiro atoms. The molecule has 0 aromatic carbocycles. The number of hydrogen-bond acceptors (Lipinski definition) is 4. The molecule has 0 bridgehead atoms. The van der Waals surface area contributed by atoms with E-state index in [-0.39, 0.29) is 24.0 Å². The molecule has 2 aromatic rings. The van der Waals surface area contributed by atoms with Gasteiger partial charge in [0.25, 0.3) is 0 Å². The molecule has 0 aliphatic carbocycles. The molecule has 0 radical (unpaired) electrons. The Hall–Kier alpha value is -1.09. The summed E-state index contributed by atoms with van der Waals surface area (Å²) in [6, 6.07) is 4.14. The van der Waals surface area contributed by atoms with Gasteiger partial charge in [-0.15, -0.1) is 24.0 Å². The lowest BCUT2D eigenvalue weighted by atomic mass is 9.99. The van der Waals surface area contributed by atoms with Gasteiger partial charge in [0.2, 0.25) is 0 Å². The minimum Gasteiger partial charge on any atom is -0.359 e. The van der Waals surface area contributed by atoms with Crippen molar-refractivity contribution in [2.24, 2.45) is 4.99 Å². The van der Waals surface area contributed by atoms with Crippen LogP contribution in [0.4, 0.5) is 0 Å². The second-order valence-corrected chi connectivity index (χ2v) is 6.19. The van der Waals surface area contributed by atoms with Crippen molar-refractivity contribution in [1.82, 2.24) is 15.8 Å². The van der Waals surface area contributed by atoms with Crippen LogP contribution in [0.3, 0.4) is 0 Å². The first-order chi connectivity index (χ1) is 11.3. The fraction of sp³-hybridized carbons (Fsp3) is 0.529. The first kappa shape index (κ1) is 21.0. The molecular weight excluding hydrogens is 435 g/mol. The summed E-state index contributed by atoms with van der Waals surface area (Å²) < 4.78 is 5.43. The maximum absolute atomic E-state index is 5.43. The molecule has 7 heteroatoms.